The van der Waals surface area contributed by atoms with Gasteiger partial charge in [-0.3, -0.25) is 9.20 Å². The highest BCUT2D eigenvalue weighted by Gasteiger charge is 2.33. The number of aromatic nitrogens is 2. The topological polar surface area (TPSA) is 55.6 Å². The summed E-state index contributed by atoms with van der Waals surface area (Å²) in [6.45, 7) is 3.95. The molecule has 0 radical (unpaired) electrons. The van der Waals surface area contributed by atoms with Gasteiger partial charge in [0.15, 0.2) is 5.65 Å². The lowest BCUT2D eigenvalue weighted by molar-refractivity contribution is -0.137. The number of rotatable bonds is 5. The third-order valence-corrected chi connectivity index (χ3v) is 4.27. The Morgan fingerprint density at radius 2 is 2.04 bits per heavy atom. The van der Waals surface area contributed by atoms with Crippen molar-refractivity contribution in [2.24, 2.45) is 0 Å². The van der Waals surface area contributed by atoms with Crippen LogP contribution in [0.2, 0.25) is 5.02 Å². The molecule has 5 nitrogen and oxygen atoms in total. The number of fused-ring (bicyclic) bond motifs is 1. The number of ether oxygens (including phenoxy) is 1. The van der Waals surface area contributed by atoms with E-state index in [1.54, 1.807) is 24.3 Å². The van der Waals surface area contributed by atoms with Crippen molar-refractivity contribution >= 4 is 28.8 Å². The monoisotopic (exact) mass is 411 g/mol. The molecular weight excluding hydrogens is 395 g/mol. The summed E-state index contributed by atoms with van der Waals surface area (Å²) in [5, 5.41) is 2.49. The van der Waals surface area contributed by atoms with Gasteiger partial charge in [-0.05, 0) is 31.5 Å². The Morgan fingerprint density at radius 3 is 2.71 bits per heavy atom. The number of amides is 1. The predicted molar refractivity (Wildman–Crippen MR) is 100 cm³/mol. The molecule has 0 spiro atoms. The van der Waals surface area contributed by atoms with Crippen LogP contribution in [0.5, 0.6) is 5.75 Å². The Balaban J connectivity index is 2.03. The maximum absolute atomic E-state index is 13.1. The smallest absolute Gasteiger partial charge is 0.417 e. The molecule has 148 valence electrons. The number of nitrogens with zero attached hydrogens (tertiary/aromatic N) is 2. The fourth-order valence-corrected chi connectivity index (χ4v) is 2.99. The van der Waals surface area contributed by atoms with Crippen LogP contribution in [-0.4, -0.2) is 21.9 Å². The number of imidazole rings is 1. The third-order valence-electron chi connectivity index (χ3n) is 3.99. The Labute approximate surface area is 164 Å². The van der Waals surface area contributed by atoms with Gasteiger partial charge in [0.25, 0.3) is 5.91 Å². The van der Waals surface area contributed by atoms with E-state index in [-0.39, 0.29) is 22.1 Å². The normalized spacial score (nSPS) is 11.6. The first-order valence-electron chi connectivity index (χ1n) is 8.51. The number of alkyl halides is 3. The molecule has 0 saturated carbocycles. The molecule has 3 rings (SSSR count). The number of hydrogen-bond donors (Lipinski definition) is 1. The molecule has 0 aliphatic carbocycles. The Hall–Kier alpha value is -2.74. The van der Waals surface area contributed by atoms with E-state index < -0.39 is 17.6 Å². The van der Waals surface area contributed by atoms with Gasteiger partial charge >= 0.3 is 6.18 Å². The van der Waals surface area contributed by atoms with Crippen molar-refractivity contribution in [3.63, 3.8) is 0 Å². The van der Waals surface area contributed by atoms with Crippen molar-refractivity contribution in [2.45, 2.75) is 26.4 Å². The van der Waals surface area contributed by atoms with Crippen molar-refractivity contribution in [1.82, 2.24) is 9.38 Å². The lowest BCUT2D eigenvalue weighted by Gasteiger charge is -2.13. The highest BCUT2D eigenvalue weighted by atomic mass is 35.5. The zero-order valence-electron chi connectivity index (χ0n) is 15.1. The number of para-hydroxylation sites is 2. The molecule has 1 N–H and O–H groups in total. The zero-order chi connectivity index (χ0) is 20.5. The van der Waals surface area contributed by atoms with Crippen LogP contribution in [0.4, 0.5) is 18.9 Å². The number of aryl methyl sites for hydroxylation is 1. The lowest BCUT2D eigenvalue weighted by atomic mass is 10.2. The standard InChI is InChI=1S/C19H17ClF3N3O2/c1-3-8-28-15-7-5-4-6-14(15)25-18(27)16-11(2)24-17-13(20)9-12(10-26(16)17)19(21,22)23/h4-7,9-10H,3,8H2,1-2H3,(H,25,27). The van der Waals surface area contributed by atoms with E-state index in [2.05, 4.69) is 10.3 Å². The number of nitrogens with one attached hydrogen (secondary N) is 1. The van der Waals surface area contributed by atoms with Crippen LogP contribution < -0.4 is 10.1 Å². The molecular formula is C19H17ClF3N3O2. The number of anilines is 1. The van der Waals surface area contributed by atoms with E-state index in [1.165, 1.54) is 6.92 Å². The van der Waals surface area contributed by atoms with Gasteiger partial charge in [-0.15, -0.1) is 0 Å². The van der Waals surface area contributed by atoms with Crippen LogP contribution in [0.3, 0.4) is 0 Å². The molecule has 1 aromatic carbocycles. The SMILES string of the molecule is CCCOc1ccccc1NC(=O)c1c(C)nc2c(Cl)cc(C(F)(F)F)cn12. The summed E-state index contributed by atoms with van der Waals surface area (Å²) in [5.74, 6) is -0.147. The molecule has 0 aliphatic heterocycles. The van der Waals surface area contributed by atoms with Crippen molar-refractivity contribution < 1.29 is 22.7 Å². The van der Waals surface area contributed by atoms with E-state index in [9.17, 15) is 18.0 Å². The Kier molecular flexibility index (Phi) is 5.51. The van der Waals surface area contributed by atoms with Gasteiger partial charge < -0.3 is 10.1 Å². The molecule has 0 saturated heterocycles. The van der Waals surface area contributed by atoms with Crippen molar-refractivity contribution in [3.05, 3.63) is 58.5 Å². The largest absolute Gasteiger partial charge is 0.491 e. The highest BCUT2D eigenvalue weighted by Crippen LogP contribution is 2.33. The van der Waals surface area contributed by atoms with Gasteiger partial charge in [0.1, 0.15) is 11.4 Å². The molecule has 0 aliphatic rings. The van der Waals surface area contributed by atoms with Gasteiger partial charge in [0, 0.05) is 6.20 Å². The first-order chi connectivity index (χ1) is 13.2. The number of halogens is 4. The predicted octanol–water partition coefficient (Wildman–Crippen LogP) is 5.36. The summed E-state index contributed by atoms with van der Waals surface area (Å²) in [7, 11) is 0. The molecule has 2 aromatic heterocycles. The summed E-state index contributed by atoms with van der Waals surface area (Å²) in [6, 6.07) is 7.61. The number of carbonyl (C=O) groups is 1. The average Bonchev–Trinajstić information content (AvgIpc) is 2.97. The minimum absolute atomic E-state index is 0.0340. The zero-order valence-corrected chi connectivity index (χ0v) is 15.9. The van der Waals surface area contributed by atoms with Gasteiger partial charge in [-0.2, -0.15) is 13.2 Å². The first kappa shape index (κ1) is 20.0. The summed E-state index contributed by atoms with van der Waals surface area (Å²) in [6.07, 6.45) is -3.01. The van der Waals surface area contributed by atoms with E-state index >= 15 is 0 Å². The number of hydrogen-bond acceptors (Lipinski definition) is 3. The second kappa shape index (κ2) is 7.71. The fourth-order valence-electron chi connectivity index (χ4n) is 2.74. The summed E-state index contributed by atoms with van der Waals surface area (Å²) >= 11 is 5.97. The average molecular weight is 412 g/mol. The highest BCUT2D eigenvalue weighted by molar-refractivity contribution is 6.33. The first-order valence-corrected chi connectivity index (χ1v) is 8.88. The van der Waals surface area contributed by atoms with Crippen molar-refractivity contribution in [3.8, 4) is 5.75 Å². The van der Waals surface area contributed by atoms with Crippen LogP contribution >= 0.6 is 11.6 Å². The van der Waals surface area contributed by atoms with E-state index in [1.807, 2.05) is 6.92 Å². The number of pyridine rings is 1. The van der Waals surface area contributed by atoms with E-state index in [4.69, 9.17) is 16.3 Å². The maximum atomic E-state index is 13.1. The third kappa shape index (κ3) is 3.91. The molecule has 9 heteroatoms. The molecule has 1 amide bonds. The molecule has 0 unspecified atom stereocenters. The van der Waals surface area contributed by atoms with Crippen molar-refractivity contribution in [2.75, 3.05) is 11.9 Å². The Bertz CT molecular complexity index is 1030. The number of carbonyl (C=O) groups excluding carboxylic acids is 1. The lowest BCUT2D eigenvalue weighted by Crippen LogP contribution is -2.17. The van der Waals surface area contributed by atoms with Crippen LogP contribution in [0.25, 0.3) is 5.65 Å². The van der Waals surface area contributed by atoms with Gasteiger partial charge in [0.05, 0.1) is 28.6 Å². The molecule has 2 heterocycles. The molecule has 0 atom stereocenters. The quantitative estimate of drug-likeness (QED) is 0.615. The van der Waals surface area contributed by atoms with Crippen LogP contribution in [-0.2, 0) is 6.18 Å². The molecule has 0 bridgehead atoms. The fraction of sp³-hybridized carbons (Fsp3) is 0.263. The summed E-state index contributed by atoms with van der Waals surface area (Å²) in [5.41, 5.74) is -0.261. The minimum atomic E-state index is -4.61. The van der Waals surface area contributed by atoms with Gasteiger partial charge in [0.2, 0.25) is 0 Å². The van der Waals surface area contributed by atoms with Gasteiger partial charge in [-0.1, -0.05) is 30.7 Å². The van der Waals surface area contributed by atoms with Crippen LogP contribution in [0.1, 0.15) is 35.1 Å². The summed E-state index contributed by atoms with van der Waals surface area (Å²) in [4.78, 5) is 17.0. The summed E-state index contributed by atoms with van der Waals surface area (Å²) < 4.78 is 46.1. The van der Waals surface area contributed by atoms with Crippen molar-refractivity contribution in [1.29, 1.82) is 0 Å². The van der Waals surface area contributed by atoms with E-state index in [0.29, 0.717) is 18.0 Å². The maximum Gasteiger partial charge on any atom is 0.417 e. The number of benzene rings is 1. The van der Waals surface area contributed by atoms with Crippen LogP contribution in [0, 0.1) is 6.92 Å². The Morgan fingerprint density at radius 1 is 1.32 bits per heavy atom. The molecule has 3 aromatic rings. The molecule has 28 heavy (non-hydrogen) atoms. The second-order valence-corrected chi connectivity index (χ2v) is 6.52. The van der Waals surface area contributed by atoms with Gasteiger partial charge in [-0.25, -0.2) is 4.98 Å². The van der Waals surface area contributed by atoms with E-state index in [0.717, 1.165) is 23.1 Å². The molecule has 0 fully saturated rings. The minimum Gasteiger partial charge on any atom is -0.491 e. The van der Waals surface area contributed by atoms with Crippen LogP contribution in [0.15, 0.2) is 36.5 Å². The second-order valence-electron chi connectivity index (χ2n) is 6.11.